The number of carbonyl (C=O) groups is 1. The van der Waals surface area contributed by atoms with Gasteiger partial charge in [0.2, 0.25) is 17.7 Å². The summed E-state index contributed by atoms with van der Waals surface area (Å²) in [5.41, 5.74) is 0. The van der Waals surface area contributed by atoms with Crippen molar-refractivity contribution in [2.24, 2.45) is 5.92 Å². The molecule has 2 rings (SSSR count). The van der Waals surface area contributed by atoms with Crippen molar-refractivity contribution in [3.8, 4) is 0 Å². The lowest BCUT2D eigenvalue weighted by atomic mass is 9.96. The maximum absolute atomic E-state index is 12.3. The molecule has 0 unspecified atom stereocenters. The molecule has 2 heterocycles. The van der Waals surface area contributed by atoms with E-state index in [-0.39, 0.29) is 25.9 Å². The van der Waals surface area contributed by atoms with Crippen LogP contribution in [0.5, 0.6) is 0 Å². The first kappa shape index (κ1) is 17.5. The Hall–Kier alpha value is -1.85. The van der Waals surface area contributed by atoms with Crippen molar-refractivity contribution in [1.29, 1.82) is 0 Å². The third-order valence-corrected chi connectivity index (χ3v) is 3.35. The first-order chi connectivity index (χ1) is 10.5. The molecule has 1 aromatic rings. The lowest BCUT2D eigenvalue weighted by Crippen LogP contribution is -2.42. The van der Waals surface area contributed by atoms with Gasteiger partial charge in [0.15, 0.2) is 0 Å². The van der Waals surface area contributed by atoms with Crippen LogP contribution in [0, 0.1) is 5.92 Å². The van der Waals surface area contributed by atoms with Gasteiger partial charge in [-0.3, -0.25) is 20.1 Å². The van der Waals surface area contributed by atoms with Crippen molar-refractivity contribution in [1.82, 2.24) is 20.1 Å². The van der Waals surface area contributed by atoms with Crippen molar-refractivity contribution in [3.05, 3.63) is 5.82 Å². The number of halogens is 6. The minimum absolute atomic E-state index is 0.0827. The molecule has 1 fully saturated rings. The molecule has 23 heavy (non-hydrogen) atoms. The Labute approximate surface area is 126 Å². The molecule has 0 saturated carbocycles. The van der Waals surface area contributed by atoms with E-state index in [4.69, 9.17) is 0 Å². The molecule has 0 spiro atoms. The predicted octanol–water partition coefficient (Wildman–Crippen LogP) is 2.04. The van der Waals surface area contributed by atoms with Crippen LogP contribution in [0.2, 0.25) is 0 Å². The first-order valence-corrected chi connectivity index (χ1v) is 6.64. The molecule has 6 nitrogen and oxygen atoms in total. The average Bonchev–Trinajstić information content (AvgIpc) is 2.86. The van der Waals surface area contributed by atoms with Crippen LogP contribution >= 0.6 is 0 Å². The minimum atomic E-state index is -4.71. The number of amides is 1. The summed E-state index contributed by atoms with van der Waals surface area (Å²) in [5, 5.41) is 7.02. The molecule has 0 aromatic carbocycles. The number of nitrogens with one attached hydrogen (secondary N) is 2. The summed E-state index contributed by atoms with van der Waals surface area (Å²) < 4.78 is 73.7. The molecule has 1 amide bonds. The molecule has 0 atom stereocenters. The molecule has 130 valence electrons. The second-order valence-corrected chi connectivity index (χ2v) is 5.16. The van der Waals surface area contributed by atoms with Crippen LogP contribution in [0.1, 0.15) is 18.7 Å². The van der Waals surface area contributed by atoms with Gasteiger partial charge in [-0.1, -0.05) is 0 Å². The number of hydrogen-bond acceptors (Lipinski definition) is 4. The Morgan fingerprint density at radius 3 is 2.30 bits per heavy atom. The van der Waals surface area contributed by atoms with E-state index in [1.54, 1.807) is 5.10 Å². The molecule has 0 aliphatic carbocycles. The van der Waals surface area contributed by atoms with Crippen molar-refractivity contribution in [2.75, 3.05) is 25.0 Å². The van der Waals surface area contributed by atoms with E-state index in [1.165, 1.54) is 4.90 Å². The summed E-state index contributed by atoms with van der Waals surface area (Å²) in [5.74, 6) is -3.05. The number of anilines is 1. The van der Waals surface area contributed by atoms with Gasteiger partial charge in [-0.15, -0.1) is 5.10 Å². The highest BCUT2D eigenvalue weighted by molar-refractivity contribution is 5.90. The smallest absolute Gasteiger partial charge is 0.295 e. The maximum Gasteiger partial charge on any atom is 0.451 e. The fraction of sp³-hybridized carbons (Fsp3) is 0.727. The van der Waals surface area contributed by atoms with E-state index in [9.17, 15) is 31.1 Å². The third kappa shape index (κ3) is 5.08. The van der Waals surface area contributed by atoms with Crippen LogP contribution in [0.4, 0.5) is 32.3 Å². The maximum atomic E-state index is 12.3. The van der Waals surface area contributed by atoms with Gasteiger partial charge < -0.3 is 0 Å². The number of rotatable bonds is 3. The number of piperidine rings is 1. The Morgan fingerprint density at radius 2 is 1.83 bits per heavy atom. The van der Waals surface area contributed by atoms with Gasteiger partial charge in [0.25, 0.3) is 0 Å². The number of likely N-dealkylation sites (tertiary alicyclic amines) is 1. The molecule has 0 radical (unpaired) electrons. The number of carbonyl (C=O) groups excluding carboxylic acids is 1. The summed E-state index contributed by atoms with van der Waals surface area (Å²) in [6.07, 6.45) is -8.65. The van der Waals surface area contributed by atoms with Gasteiger partial charge in [0, 0.05) is 5.92 Å². The number of H-pyrrole nitrogens is 1. The second kappa shape index (κ2) is 6.34. The fourth-order valence-electron chi connectivity index (χ4n) is 2.26. The summed E-state index contributed by atoms with van der Waals surface area (Å²) in [4.78, 5) is 16.2. The minimum Gasteiger partial charge on any atom is -0.295 e. The second-order valence-electron chi connectivity index (χ2n) is 5.16. The molecule has 12 heteroatoms. The van der Waals surface area contributed by atoms with Crippen molar-refractivity contribution in [3.63, 3.8) is 0 Å². The van der Waals surface area contributed by atoms with Gasteiger partial charge in [0.05, 0.1) is 6.54 Å². The molecule has 1 aliphatic rings. The SMILES string of the molecule is O=C(Nc1n[nH]c(C(F)(F)F)n1)C1CCN(CC(F)(F)F)CC1. The van der Waals surface area contributed by atoms with Gasteiger partial charge >= 0.3 is 12.4 Å². The van der Waals surface area contributed by atoms with Crippen LogP contribution in [-0.2, 0) is 11.0 Å². The normalized spacial score (nSPS) is 18.2. The fourth-order valence-corrected chi connectivity index (χ4v) is 2.26. The van der Waals surface area contributed by atoms with Crippen molar-refractivity contribution in [2.45, 2.75) is 25.2 Å². The zero-order chi connectivity index (χ0) is 17.3. The van der Waals surface area contributed by atoms with E-state index < -0.39 is 42.5 Å². The first-order valence-electron chi connectivity index (χ1n) is 6.64. The summed E-state index contributed by atoms with van der Waals surface area (Å²) in [6, 6.07) is 0. The van der Waals surface area contributed by atoms with Gasteiger partial charge in [-0.05, 0) is 25.9 Å². The molecular weight excluding hydrogens is 332 g/mol. The number of alkyl halides is 6. The monoisotopic (exact) mass is 345 g/mol. The lowest BCUT2D eigenvalue weighted by Gasteiger charge is -2.31. The summed E-state index contributed by atoms with van der Waals surface area (Å²) in [7, 11) is 0. The van der Waals surface area contributed by atoms with E-state index in [2.05, 4.69) is 15.4 Å². The summed E-state index contributed by atoms with van der Waals surface area (Å²) in [6.45, 7) is -0.879. The van der Waals surface area contributed by atoms with E-state index in [1.807, 2.05) is 0 Å². The topological polar surface area (TPSA) is 73.9 Å². The van der Waals surface area contributed by atoms with Crippen molar-refractivity contribution >= 4 is 11.9 Å². The van der Waals surface area contributed by atoms with Crippen LogP contribution in [0.3, 0.4) is 0 Å². The highest BCUT2D eigenvalue weighted by atomic mass is 19.4. The molecule has 2 N–H and O–H groups in total. The van der Waals surface area contributed by atoms with Crippen LogP contribution < -0.4 is 5.32 Å². The Balaban J connectivity index is 1.85. The van der Waals surface area contributed by atoms with E-state index in [0.29, 0.717) is 0 Å². The Kier molecular flexibility index (Phi) is 4.82. The van der Waals surface area contributed by atoms with Gasteiger partial charge in [-0.2, -0.15) is 31.3 Å². The third-order valence-electron chi connectivity index (χ3n) is 3.35. The predicted molar refractivity (Wildman–Crippen MR) is 65.2 cm³/mol. The average molecular weight is 345 g/mol. The summed E-state index contributed by atoms with van der Waals surface area (Å²) >= 11 is 0. The number of nitrogens with zero attached hydrogens (tertiary/aromatic N) is 3. The Bertz CT molecular complexity index is 546. The standard InChI is InChI=1S/C11H13F6N5O/c12-10(13,14)5-22-3-1-6(2-4-22)7(23)18-9-19-8(20-21-9)11(15,16)17/h6H,1-5H2,(H2,18,19,20,21,23). The van der Waals surface area contributed by atoms with Crippen LogP contribution in [0.15, 0.2) is 0 Å². The molecular formula is C11H13F6N5O. The number of aromatic nitrogens is 3. The highest BCUT2D eigenvalue weighted by Gasteiger charge is 2.36. The zero-order valence-electron chi connectivity index (χ0n) is 11.6. The quantitative estimate of drug-likeness (QED) is 0.823. The van der Waals surface area contributed by atoms with Gasteiger partial charge in [0.1, 0.15) is 0 Å². The highest BCUT2D eigenvalue weighted by Crippen LogP contribution is 2.27. The number of aromatic amines is 1. The molecule has 1 aromatic heterocycles. The number of hydrogen-bond donors (Lipinski definition) is 2. The Morgan fingerprint density at radius 1 is 1.22 bits per heavy atom. The van der Waals surface area contributed by atoms with Crippen LogP contribution in [0.25, 0.3) is 0 Å². The van der Waals surface area contributed by atoms with Crippen molar-refractivity contribution < 1.29 is 31.1 Å². The van der Waals surface area contributed by atoms with E-state index in [0.717, 1.165) is 0 Å². The molecule has 0 bridgehead atoms. The zero-order valence-corrected chi connectivity index (χ0v) is 11.6. The van der Waals surface area contributed by atoms with E-state index >= 15 is 0 Å². The lowest BCUT2D eigenvalue weighted by molar-refractivity contribution is -0.149. The largest absolute Gasteiger partial charge is 0.451 e. The molecule has 1 saturated heterocycles. The molecule has 1 aliphatic heterocycles. The van der Waals surface area contributed by atoms with Gasteiger partial charge in [-0.25, -0.2) is 0 Å². The van der Waals surface area contributed by atoms with Crippen LogP contribution in [-0.4, -0.2) is 51.8 Å².